The van der Waals surface area contributed by atoms with Gasteiger partial charge in [-0.15, -0.1) is 0 Å². The molecule has 2 fully saturated rings. The Kier molecular flexibility index (Phi) is 3.48. The van der Waals surface area contributed by atoms with E-state index in [1.165, 1.54) is 6.42 Å². The highest BCUT2D eigenvalue weighted by Gasteiger charge is 2.47. The molecule has 98 valence electrons. The summed E-state index contributed by atoms with van der Waals surface area (Å²) < 4.78 is 5.42. The average Bonchev–Trinajstić information content (AvgIpc) is 2.23. The van der Waals surface area contributed by atoms with E-state index in [0.29, 0.717) is 17.9 Å². The van der Waals surface area contributed by atoms with E-state index >= 15 is 0 Å². The average molecular weight is 239 g/mol. The van der Waals surface area contributed by atoms with Crippen LogP contribution in [0.15, 0.2) is 0 Å². The van der Waals surface area contributed by atoms with Crippen molar-refractivity contribution in [2.75, 3.05) is 13.2 Å². The highest BCUT2D eigenvalue weighted by molar-refractivity contribution is 5.77. The van der Waals surface area contributed by atoms with Crippen molar-refractivity contribution in [2.24, 2.45) is 10.8 Å². The maximum Gasteiger partial charge on any atom is 0.220 e. The van der Waals surface area contributed by atoms with Gasteiger partial charge in [-0.3, -0.25) is 4.79 Å². The number of carbonyl (C=O) groups excluding carboxylic acids is 1. The third-order valence-corrected chi connectivity index (χ3v) is 4.18. The van der Waals surface area contributed by atoms with Gasteiger partial charge in [0.05, 0.1) is 0 Å². The number of hydrogen-bond donors (Lipinski definition) is 1. The Morgan fingerprint density at radius 1 is 1.29 bits per heavy atom. The second-order valence-corrected chi connectivity index (χ2v) is 6.87. The van der Waals surface area contributed by atoms with Gasteiger partial charge in [0, 0.05) is 25.7 Å². The smallest absolute Gasteiger partial charge is 0.220 e. The predicted molar refractivity (Wildman–Crippen MR) is 67.7 cm³/mol. The van der Waals surface area contributed by atoms with Gasteiger partial charge in [0.2, 0.25) is 5.91 Å². The fourth-order valence-electron chi connectivity index (χ4n) is 3.03. The van der Waals surface area contributed by atoms with E-state index in [2.05, 4.69) is 26.1 Å². The normalized spacial score (nSPS) is 27.6. The lowest BCUT2D eigenvalue weighted by Gasteiger charge is -2.52. The van der Waals surface area contributed by atoms with Crippen molar-refractivity contribution in [2.45, 2.75) is 58.9 Å². The molecule has 3 heteroatoms. The summed E-state index contributed by atoms with van der Waals surface area (Å²) in [6.45, 7) is 8.06. The minimum Gasteiger partial charge on any atom is -0.381 e. The summed E-state index contributed by atoms with van der Waals surface area (Å²) in [6.07, 6.45) is 5.27. The zero-order valence-electron chi connectivity index (χ0n) is 11.3. The van der Waals surface area contributed by atoms with Crippen LogP contribution in [-0.4, -0.2) is 25.2 Å². The van der Waals surface area contributed by atoms with E-state index < -0.39 is 0 Å². The number of hydrogen-bond acceptors (Lipinski definition) is 2. The zero-order chi connectivity index (χ0) is 12.5. The highest BCUT2D eigenvalue weighted by Crippen LogP contribution is 2.48. The monoisotopic (exact) mass is 239 g/mol. The topological polar surface area (TPSA) is 38.3 Å². The molecule has 2 rings (SSSR count). The number of rotatable bonds is 2. The molecule has 1 saturated carbocycles. The van der Waals surface area contributed by atoms with Gasteiger partial charge >= 0.3 is 0 Å². The van der Waals surface area contributed by atoms with Crippen LogP contribution in [0.2, 0.25) is 0 Å². The summed E-state index contributed by atoms with van der Waals surface area (Å²) in [7, 11) is 0. The van der Waals surface area contributed by atoms with E-state index in [0.717, 1.165) is 32.5 Å². The first-order valence-corrected chi connectivity index (χ1v) is 6.78. The molecule has 1 heterocycles. The van der Waals surface area contributed by atoms with Crippen LogP contribution >= 0.6 is 0 Å². The van der Waals surface area contributed by atoms with Gasteiger partial charge in [-0.05, 0) is 36.5 Å². The number of nitrogens with one attached hydrogen (secondary N) is 1. The minimum atomic E-state index is 0.0800. The molecule has 1 atom stereocenters. The molecule has 17 heavy (non-hydrogen) atoms. The van der Waals surface area contributed by atoms with Crippen LogP contribution in [0.25, 0.3) is 0 Å². The first kappa shape index (κ1) is 12.9. The lowest BCUT2D eigenvalue weighted by atomic mass is 9.60. The van der Waals surface area contributed by atoms with Crippen LogP contribution in [0.1, 0.15) is 52.9 Å². The summed E-state index contributed by atoms with van der Waals surface area (Å²) in [5.41, 5.74) is 0.447. The summed E-state index contributed by atoms with van der Waals surface area (Å²) in [5, 5.41) is 3.24. The van der Waals surface area contributed by atoms with Crippen LogP contribution < -0.4 is 5.32 Å². The molecule has 1 saturated heterocycles. The Balaban J connectivity index is 1.85. The molecule has 1 aliphatic heterocycles. The molecule has 0 aromatic heterocycles. The second-order valence-electron chi connectivity index (χ2n) is 6.87. The van der Waals surface area contributed by atoms with Crippen LogP contribution in [-0.2, 0) is 9.53 Å². The third kappa shape index (κ3) is 3.01. The minimum absolute atomic E-state index is 0.0800. The van der Waals surface area contributed by atoms with Crippen molar-refractivity contribution in [1.82, 2.24) is 5.32 Å². The van der Waals surface area contributed by atoms with Crippen molar-refractivity contribution in [3.63, 3.8) is 0 Å². The number of ether oxygens (including phenoxy) is 1. The predicted octanol–water partition coefficient (Wildman–Crippen LogP) is 2.50. The molecule has 0 aromatic carbocycles. The molecular formula is C14H25NO2. The van der Waals surface area contributed by atoms with E-state index in [1.807, 2.05) is 0 Å². The maximum atomic E-state index is 11.9. The molecule has 0 bridgehead atoms. The molecule has 1 amide bonds. The molecular weight excluding hydrogens is 214 g/mol. The largest absolute Gasteiger partial charge is 0.381 e. The molecule has 0 radical (unpaired) electrons. The molecule has 2 aliphatic rings. The third-order valence-electron chi connectivity index (χ3n) is 4.18. The van der Waals surface area contributed by atoms with Crippen molar-refractivity contribution in [3.8, 4) is 0 Å². The standard InChI is InChI=1S/C14H25NO2/c1-13(2,3)10-12(16)15-11-4-5-14(11)6-8-17-9-7-14/h11H,4-10H2,1-3H3,(H,15,16). The molecule has 1 spiro atoms. The van der Waals surface area contributed by atoms with Crippen molar-refractivity contribution >= 4 is 5.91 Å². The molecule has 1 N–H and O–H groups in total. The van der Waals surface area contributed by atoms with E-state index in [4.69, 9.17) is 4.74 Å². The molecule has 1 unspecified atom stereocenters. The van der Waals surface area contributed by atoms with Crippen molar-refractivity contribution in [3.05, 3.63) is 0 Å². The number of carbonyl (C=O) groups is 1. The highest BCUT2D eigenvalue weighted by atomic mass is 16.5. The van der Waals surface area contributed by atoms with Gasteiger partial charge in [0.25, 0.3) is 0 Å². The van der Waals surface area contributed by atoms with E-state index in [9.17, 15) is 4.79 Å². The number of amides is 1. The van der Waals surface area contributed by atoms with Crippen LogP contribution in [0.4, 0.5) is 0 Å². The van der Waals surface area contributed by atoms with Gasteiger partial charge in [0.15, 0.2) is 0 Å². The Morgan fingerprint density at radius 3 is 2.41 bits per heavy atom. The van der Waals surface area contributed by atoms with Gasteiger partial charge in [-0.1, -0.05) is 20.8 Å². The van der Waals surface area contributed by atoms with Crippen molar-refractivity contribution in [1.29, 1.82) is 0 Å². The Labute approximate surface area is 104 Å². The first-order valence-electron chi connectivity index (χ1n) is 6.78. The molecule has 0 aromatic rings. The maximum absolute atomic E-state index is 11.9. The van der Waals surface area contributed by atoms with Crippen LogP contribution in [0.5, 0.6) is 0 Å². The van der Waals surface area contributed by atoms with Gasteiger partial charge in [0.1, 0.15) is 0 Å². The lowest BCUT2D eigenvalue weighted by molar-refractivity contribution is -0.128. The lowest BCUT2D eigenvalue weighted by Crippen LogP contribution is -2.57. The Bertz CT molecular complexity index is 287. The second kappa shape index (κ2) is 4.60. The quantitative estimate of drug-likeness (QED) is 0.804. The zero-order valence-corrected chi connectivity index (χ0v) is 11.3. The first-order chi connectivity index (χ1) is 7.91. The summed E-state index contributed by atoms with van der Waals surface area (Å²) in [5.74, 6) is 0.216. The Morgan fingerprint density at radius 2 is 1.94 bits per heavy atom. The van der Waals surface area contributed by atoms with Crippen LogP contribution in [0.3, 0.4) is 0 Å². The summed E-state index contributed by atoms with van der Waals surface area (Å²) in [6, 6.07) is 0.404. The summed E-state index contributed by atoms with van der Waals surface area (Å²) >= 11 is 0. The van der Waals surface area contributed by atoms with Gasteiger partial charge in [-0.2, -0.15) is 0 Å². The van der Waals surface area contributed by atoms with Crippen LogP contribution in [0, 0.1) is 10.8 Å². The van der Waals surface area contributed by atoms with Crippen molar-refractivity contribution < 1.29 is 9.53 Å². The fourth-order valence-corrected chi connectivity index (χ4v) is 3.03. The fraction of sp³-hybridized carbons (Fsp3) is 0.929. The van der Waals surface area contributed by atoms with E-state index in [-0.39, 0.29) is 11.3 Å². The summed E-state index contributed by atoms with van der Waals surface area (Å²) in [4.78, 5) is 11.9. The SMILES string of the molecule is CC(C)(C)CC(=O)NC1CCC12CCOCC2. The molecule has 3 nitrogen and oxygen atoms in total. The van der Waals surface area contributed by atoms with Gasteiger partial charge in [-0.25, -0.2) is 0 Å². The van der Waals surface area contributed by atoms with Gasteiger partial charge < -0.3 is 10.1 Å². The van der Waals surface area contributed by atoms with E-state index in [1.54, 1.807) is 0 Å². The molecule has 1 aliphatic carbocycles. The Hall–Kier alpha value is -0.570.